The third kappa shape index (κ3) is 5.41. The molecule has 0 saturated heterocycles. The van der Waals surface area contributed by atoms with E-state index in [1.807, 2.05) is 27.7 Å². The molecule has 7 nitrogen and oxygen atoms in total. The van der Waals surface area contributed by atoms with Gasteiger partial charge in [-0.25, -0.2) is 8.42 Å². The number of benzene rings is 2. The molecule has 2 rings (SSSR count). The minimum absolute atomic E-state index is 0.0227. The second-order valence-electron chi connectivity index (χ2n) is 6.10. The maximum Gasteiger partial charge on any atom is 0.262 e. The van der Waals surface area contributed by atoms with Gasteiger partial charge in [0.1, 0.15) is 0 Å². The summed E-state index contributed by atoms with van der Waals surface area (Å²) in [5, 5.41) is 0. The largest absolute Gasteiger partial charge is 0.490 e. The third-order valence-electron chi connectivity index (χ3n) is 4.28. The summed E-state index contributed by atoms with van der Waals surface area (Å²) in [6.45, 7) is 9.28. The summed E-state index contributed by atoms with van der Waals surface area (Å²) in [6.07, 6.45) is 0. The highest BCUT2D eigenvalue weighted by Gasteiger charge is 2.22. The lowest BCUT2D eigenvalue weighted by Crippen LogP contribution is -2.31. The van der Waals surface area contributed by atoms with Gasteiger partial charge in [-0.1, -0.05) is 12.1 Å². The molecular weight excluding hydrogens is 392 g/mol. The fourth-order valence-corrected chi connectivity index (χ4v) is 3.94. The van der Waals surface area contributed by atoms with Crippen LogP contribution in [0.15, 0.2) is 47.4 Å². The van der Waals surface area contributed by atoms with Crippen LogP contribution in [0.2, 0.25) is 0 Å². The summed E-state index contributed by atoms with van der Waals surface area (Å²) < 4.78 is 39.5. The predicted octanol–water partition coefficient (Wildman–Crippen LogP) is 3.77. The smallest absolute Gasteiger partial charge is 0.262 e. The van der Waals surface area contributed by atoms with E-state index in [0.29, 0.717) is 43.4 Å². The number of rotatable bonds is 10. The molecule has 29 heavy (non-hydrogen) atoms. The van der Waals surface area contributed by atoms with E-state index in [-0.39, 0.29) is 16.5 Å². The molecule has 1 N–H and O–H groups in total. The van der Waals surface area contributed by atoms with Crippen molar-refractivity contribution in [2.24, 2.45) is 0 Å². The number of carbonyl (C=O) groups is 1. The van der Waals surface area contributed by atoms with Gasteiger partial charge in [-0.3, -0.25) is 9.52 Å². The first-order chi connectivity index (χ1) is 13.9. The van der Waals surface area contributed by atoms with Crippen LogP contribution in [-0.2, 0) is 10.0 Å². The molecule has 0 unspecified atom stereocenters. The first-order valence-corrected chi connectivity index (χ1v) is 11.2. The number of hydrogen-bond donors (Lipinski definition) is 1. The fraction of sp³-hybridized carbons (Fsp3) is 0.381. The number of nitrogens with zero attached hydrogens (tertiary/aromatic N) is 1. The van der Waals surface area contributed by atoms with Crippen molar-refractivity contribution in [3.63, 3.8) is 0 Å². The van der Waals surface area contributed by atoms with Crippen LogP contribution in [0.1, 0.15) is 38.1 Å². The Bertz CT molecular complexity index is 940. The number of nitrogens with one attached hydrogen (secondary N) is 1. The molecular formula is C21H28N2O5S. The molecule has 0 saturated carbocycles. The molecule has 158 valence electrons. The lowest BCUT2D eigenvalue weighted by atomic mass is 10.1. The number of ether oxygens (including phenoxy) is 2. The molecule has 0 heterocycles. The number of sulfonamides is 1. The number of amides is 1. The van der Waals surface area contributed by atoms with Gasteiger partial charge in [-0.05, 0) is 52.0 Å². The fourth-order valence-electron chi connectivity index (χ4n) is 2.84. The lowest BCUT2D eigenvalue weighted by molar-refractivity contribution is 0.0774. The van der Waals surface area contributed by atoms with Gasteiger partial charge >= 0.3 is 0 Å². The van der Waals surface area contributed by atoms with Crippen LogP contribution in [0.3, 0.4) is 0 Å². The van der Waals surface area contributed by atoms with E-state index >= 15 is 0 Å². The summed E-state index contributed by atoms with van der Waals surface area (Å²) >= 11 is 0. The summed E-state index contributed by atoms with van der Waals surface area (Å²) in [5.74, 6) is 0.602. The Kier molecular flexibility index (Phi) is 7.90. The maximum absolute atomic E-state index is 13.0. The van der Waals surface area contributed by atoms with Crippen LogP contribution in [0.25, 0.3) is 0 Å². The van der Waals surface area contributed by atoms with Crippen LogP contribution in [0, 0.1) is 0 Å². The Morgan fingerprint density at radius 1 is 0.931 bits per heavy atom. The van der Waals surface area contributed by atoms with Gasteiger partial charge in [0.05, 0.1) is 29.4 Å². The van der Waals surface area contributed by atoms with Crippen molar-refractivity contribution in [1.82, 2.24) is 4.90 Å². The SMILES string of the molecule is CCOc1ccc(S(=O)(=O)Nc2ccccc2C(=O)N(CC)CC)cc1OCC. The first-order valence-electron chi connectivity index (χ1n) is 9.68. The van der Waals surface area contributed by atoms with Crippen molar-refractivity contribution in [3.05, 3.63) is 48.0 Å². The monoisotopic (exact) mass is 420 g/mol. The molecule has 0 aliphatic rings. The van der Waals surface area contributed by atoms with Crippen LogP contribution >= 0.6 is 0 Å². The Balaban J connectivity index is 2.40. The topological polar surface area (TPSA) is 84.9 Å². The second kappa shape index (κ2) is 10.2. The Labute approximate surface area is 172 Å². The van der Waals surface area contributed by atoms with E-state index in [1.54, 1.807) is 35.2 Å². The van der Waals surface area contributed by atoms with E-state index in [1.165, 1.54) is 12.1 Å². The Morgan fingerprint density at radius 3 is 2.17 bits per heavy atom. The van der Waals surface area contributed by atoms with E-state index in [0.717, 1.165) is 0 Å². The van der Waals surface area contributed by atoms with E-state index in [4.69, 9.17) is 9.47 Å². The average molecular weight is 421 g/mol. The van der Waals surface area contributed by atoms with Crippen LogP contribution < -0.4 is 14.2 Å². The minimum atomic E-state index is -3.94. The molecule has 8 heteroatoms. The number of anilines is 1. The molecule has 0 bridgehead atoms. The van der Waals surface area contributed by atoms with Crippen LogP contribution in [0.4, 0.5) is 5.69 Å². The van der Waals surface area contributed by atoms with E-state index in [2.05, 4.69) is 4.72 Å². The summed E-state index contributed by atoms with van der Waals surface area (Å²) in [5.41, 5.74) is 0.534. The van der Waals surface area contributed by atoms with Crippen LogP contribution in [-0.4, -0.2) is 45.5 Å². The van der Waals surface area contributed by atoms with Gasteiger partial charge in [0.25, 0.3) is 15.9 Å². The van der Waals surface area contributed by atoms with Gasteiger partial charge < -0.3 is 14.4 Å². The molecule has 0 radical (unpaired) electrons. The molecule has 0 aliphatic heterocycles. The van der Waals surface area contributed by atoms with Crippen molar-refractivity contribution in [2.45, 2.75) is 32.6 Å². The van der Waals surface area contributed by atoms with E-state index < -0.39 is 10.0 Å². The third-order valence-corrected chi connectivity index (χ3v) is 5.64. The number of hydrogen-bond acceptors (Lipinski definition) is 5. The van der Waals surface area contributed by atoms with Gasteiger partial charge in [0.2, 0.25) is 0 Å². The maximum atomic E-state index is 13.0. The first kappa shape index (κ1) is 22.5. The normalized spacial score (nSPS) is 11.0. The highest BCUT2D eigenvalue weighted by atomic mass is 32.2. The van der Waals surface area contributed by atoms with Crippen molar-refractivity contribution in [3.8, 4) is 11.5 Å². The van der Waals surface area contributed by atoms with Crippen molar-refractivity contribution in [2.75, 3.05) is 31.0 Å². The molecule has 1 amide bonds. The predicted molar refractivity (Wildman–Crippen MR) is 113 cm³/mol. The van der Waals surface area contributed by atoms with Gasteiger partial charge in [-0.2, -0.15) is 0 Å². The minimum Gasteiger partial charge on any atom is -0.490 e. The summed E-state index contributed by atoms with van der Waals surface area (Å²) in [6, 6.07) is 11.0. The van der Waals surface area contributed by atoms with E-state index in [9.17, 15) is 13.2 Å². The summed E-state index contributed by atoms with van der Waals surface area (Å²) in [7, 11) is -3.94. The van der Waals surface area contributed by atoms with Gasteiger partial charge in [0.15, 0.2) is 11.5 Å². The highest BCUT2D eigenvalue weighted by Crippen LogP contribution is 2.31. The van der Waals surface area contributed by atoms with Crippen molar-refractivity contribution < 1.29 is 22.7 Å². The molecule has 0 aromatic heterocycles. The molecule has 0 spiro atoms. The summed E-state index contributed by atoms with van der Waals surface area (Å²) in [4.78, 5) is 14.4. The lowest BCUT2D eigenvalue weighted by Gasteiger charge is -2.21. The zero-order chi connectivity index (χ0) is 21.4. The van der Waals surface area contributed by atoms with Crippen LogP contribution in [0.5, 0.6) is 11.5 Å². The van der Waals surface area contributed by atoms with Crippen molar-refractivity contribution >= 4 is 21.6 Å². The molecule has 0 aliphatic carbocycles. The standard InChI is InChI=1S/C21H28N2O5S/c1-5-23(6-2)21(24)17-11-9-10-12-18(17)22-29(25,26)16-13-14-19(27-7-3)20(15-16)28-8-4/h9-15,22H,5-8H2,1-4H3. The highest BCUT2D eigenvalue weighted by molar-refractivity contribution is 7.92. The zero-order valence-electron chi connectivity index (χ0n) is 17.3. The Hall–Kier alpha value is -2.74. The number of carbonyl (C=O) groups excluding carboxylic acids is 1. The number of para-hydroxylation sites is 1. The average Bonchev–Trinajstić information content (AvgIpc) is 2.70. The Morgan fingerprint density at radius 2 is 1.55 bits per heavy atom. The van der Waals surface area contributed by atoms with Gasteiger partial charge in [0, 0.05) is 19.2 Å². The molecule has 2 aromatic carbocycles. The van der Waals surface area contributed by atoms with Gasteiger partial charge in [-0.15, -0.1) is 0 Å². The zero-order valence-corrected chi connectivity index (χ0v) is 18.1. The van der Waals surface area contributed by atoms with Crippen molar-refractivity contribution in [1.29, 1.82) is 0 Å². The molecule has 2 aromatic rings. The molecule has 0 atom stereocenters. The quantitative estimate of drug-likeness (QED) is 0.632. The molecule has 0 fully saturated rings. The second-order valence-corrected chi connectivity index (χ2v) is 7.79.